The molecule has 0 unspecified atom stereocenters. The Morgan fingerprint density at radius 1 is 1.53 bits per heavy atom. The number of hydrogen-bond acceptors (Lipinski definition) is 2. The van der Waals surface area contributed by atoms with E-state index in [4.69, 9.17) is 5.73 Å². The van der Waals surface area contributed by atoms with Gasteiger partial charge < -0.3 is 5.73 Å². The maximum Gasteiger partial charge on any atom is 0.157 e. The summed E-state index contributed by atoms with van der Waals surface area (Å²) in [6, 6.07) is 4.33. The minimum absolute atomic E-state index is 0.00574. The lowest BCUT2D eigenvalue weighted by molar-refractivity contribution is -0.120. The van der Waals surface area contributed by atoms with Crippen LogP contribution in [0, 0.1) is 5.82 Å². The first-order chi connectivity index (χ1) is 7.01. The summed E-state index contributed by atoms with van der Waals surface area (Å²) in [5.74, 6) is -0.336. The Bertz CT molecular complexity index is 415. The predicted octanol–water partition coefficient (Wildman–Crippen LogP) is 2.19. The van der Waals surface area contributed by atoms with E-state index in [1.807, 2.05) is 0 Å². The highest BCUT2D eigenvalue weighted by atomic mass is 79.9. The van der Waals surface area contributed by atoms with Crippen LogP contribution >= 0.6 is 15.9 Å². The highest BCUT2D eigenvalue weighted by Crippen LogP contribution is 2.34. The van der Waals surface area contributed by atoms with Crippen molar-refractivity contribution in [1.82, 2.24) is 0 Å². The number of rotatable bonds is 3. The van der Waals surface area contributed by atoms with Crippen molar-refractivity contribution in [2.24, 2.45) is 5.73 Å². The van der Waals surface area contributed by atoms with Crippen molar-refractivity contribution in [3.63, 3.8) is 0 Å². The van der Waals surface area contributed by atoms with E-state index in [0.717, 1.165) is 17.3 Å². The van der Waals surface area contributed by atoms with Crippen LogP contribution in [-0.4, -0.2) is 11.3 Å². The van der Waals surface area contributed by atoms with Crippen LogP contribution in [0.25, 0.3) is 0 Å². The van der Waals surface area contributed by atoms with Gasteiger partial charge in [0, 0.05) is 10.9 Å². The van der Waals surface area contributed by atoms with Crippen LogP contribution in [0.3, 0.4) is 0 Å². The molecular formula is C11H11BrFNO. The van der Waals surface area contributed by atoms with Gasteiger partial charge in [0.2, 0.25) is 0 Å². The minimum atomic E-state index is -0.633. The van der Waals surface area contributed by atoms with Crippen molar-refractivity contribution in [2.75, 3.05) is 0 Å². The van der Waals surface area contributed by atoms with Gasteiger partial charge >= 0.3 is 0 Å². The first-order valence-corrected chi connectivity index (χ1v) is 5.57. The van der Waals surface area contributed by atoms with Crippen LogP contribution in [0.4, 0.5) is 4.39 Å². The zero-order valence-electron chi connectivity index (χ0n) is 8.09. The van der Waals surface area contributed by atoms with E-state index in [0.29, 0.717) is 5.56 Å². The molecule has 0 saturated heterocycles. The van der Waals surface area contributed by atoms with E-state index in [1.54, 1.807) is 6.07 Å². The third kappa shape index (κ3) is 2.26. The Balaban J connectivity index is 2.16. The Hall–Kier alpha value is -0.740. The van der Waals surface area contributed by atoms with Gasteiger partial charge in [-0.15, -0.1) is 0 Å². The zero-order chi connectivity index (χ0) is 11.1. The molecule has 0 aliphatic heterocycles. The molecule has 1 aromatic carbocycles. The molecule has 0 aromatic heterocycles. The Morgan fingerprint density at radius 2 is 2.20 bits per heavy atom. The van der Waals surface area contributed by atoms with Crippen molar-refractivity contribution in [2.45, 2.75) is 24.8 Å². The van der Waals surface area contributed by atoms with E-state index in [2.05, 4.69) is 15.9 Å². The largest absolute Gasteiger partial charge is 0.319 e. The summed E-state index contributed by atoms with van der Waals surface area (Å²) in [7, 11) is 0. The highest BCUT2D eigenvalue weighted by Gasteiger charge is 2.45. The molecule has 15 heavy (non-hydrogen) atoms. The number of benzene rings is 1. The van der Waals surface area contributed by atoms with E-state index in [-0.39, 0.29) is 18.0 Å². The lowest BCUT2D eigenvalue weighted by Crippen LogP contribution is -2.34. The zero-order valence-corrected chi connectivity index (χ0v) is 9.68. The standard InChI is InChI=1S/C11H11BrFNO/c12-9-2-1-8(13)5-7(9)6-10(15)11(14)3-4-11/h1-2,5H,3-4,6,14H2. The second-order valence-corrected chi connectivity index (χ2v) is 4.85. The fraction of sp³-hybridized carbons (Fsp3) is 0.364. The fourth-order valence-corrected chi connectivity index (χ4v) is 1.83. The van der Waals surface area contributed by atoms with E-state index < -0.39 is 5.54 Å². The lowest BCUT2D eigenvalue weighted by atomic mass is 10.0. The molecule has 1 aliphatic rings. The first-order valence-electron chi connectivity index (χ1n) is 4.77. The van der Waals surface area contributed by atoms with Crippen LogP contribution in [0.1, 0.15) is 18.4 Å². The number of carbonyl (C=O) groups is 1. The number of halogens is 2. The van der Waals surface area contributed by atoms with Gasteiger partial charge in [-0.2, -0.15) is 0 Å². The lowest BCUT2D eigenvalue weighted by Gasteiger charge is -2.08. The van der Waals surface area contributed by atoms with Gasteiger partial charge in [-0.25, -0.2) is 4.39 Å². The second kappa shape index (κ2) is 3.68. The molecule has 2 rings (SSSR count). The molecule has 1 aliphatic carbocycles. The topological polar surface area (TPSA) is 43.1 Å². The minimum Gasteiger partial charge on any atom is -0.319 e. The normalized spacial score (nSPS) is 17.5. The molecule has 1 saturated carbocycles. The third-order valence-corrected chi connectivity index (χ3v) is 3.48. The molecule has 0 spiro atoms. The average Bonchev–Trinajstić information content (AvgIpc) is 2.91. The van der Waals surface area contributed by atoms with E-state index in [9.17, 15) is 9.18 Å². The molecule has 4 heteroatoms. The molecule has 80 valence electrons. The van der Waals surface area contributed by atoms with Gasteiger partial charge in [0.1, 0.15) is 5.82 Å². The molecule has 0 heterocycles. The third-order valence-electron chi connectivity index (χ3n) is 2.70. The summed E-state index contributed by atoms with van der Waals surface area (Å²) < 4.78 is 13.7. The number of ketones is 1. The molecule has 0 amide bonds. The smallest absolute Gasteiger partial charge is 0.157 e. The summed E-state index contributed by atoms with van der Waals surface area (Å²) in [5.41, 5.74) is 5.80. The summed E-state index contributed by atoms with van der Waals surface area (Å²) in [6.07, 6.45) is 1.70. The molecule has 2 nitrogen and oxygen atoms in total. The van der Waals surface area contributed by atoms with Crippen molar-refractivity contribution < 1.29 is 9.18 Å². The molecule has 0 bridgehead atoms. The summed E-state index contributed by atoms with van der Waals surface area (Å²) in [5, 5.41) is 0. The summed E-state index contributed by atoms with van der Waals surface area (Å²) in [4.78, 5) is 11.7. The van der Waals surface area contributed by atoms with Crippen molar-refractivity contribution in [3.05, 3.63) is 34.1 Å². The summed E-state index contributed by atoms with van der Waals surface area (Å²) in [6.45, 7) is 0. The predicted molar refractivity (Wildman–Crippen MR) is 59.0 cm³/mol. The van der Waals surface area contributed by atoms with Crippen LogP contribution in [0.15, 0.2) is 22.7 Å². The number of carbonyl (C=O) groups excluding carboxylic acids is 1. The van der Waals surface area contributed by atoms with Gasteiger partial charge in [0.15, 0.2) is 5.78 Å². The Morgan fingerprint density at radius 3 is 2.80 bits per heavy atom. The Kier molecular flexibility index (Phi) is 2.64. The molecule has 0 atom stereocenters. The molecule has 1 aromatic rings. The molecule has 0 radical (unpaired) electrons. The highest BCUT2D eigenvalue weighted by molar-refractivity contribution is 9.10. The molecule has 1 fully saturated rings. The quantitative estimate of drug-likeness (QED) is 0.916. The second-order valence-electron chi connectivity index (χ2n) is 3.99. The maximum absolute atomic E-state index is 12.9. The SMILES string of the molecule is NC1(C(=O)Cc2cc(F)ccc2Br)CC1. The monoisotopic (exact) mass is 271 g/mol. The number of hydrogen-bond donors (Lipinski definition) is 1. The van der Waals surface area contributed by atoms with Crippen LogP contribution < -0.4 is 5.73 Å². The summed E-state index contributed by atoms with van der Waals surface area (Å²) >= 11 is 3.29. The van der Waals surface area contributed by atoms with Gasteiger partial charge in [0.05, 0.1) is 5.54 Å². The van der Waals surface area contributed by atoms with Crippen LogP contribution in [0.5, 0.6) is 0 Å². The van der Waals surface area contributed by atoms with E-state index in [1.165, 1.54) is 12.1 Å². The van der Waals surface area contributed by atoms with Crippen molar-refractivity contribution in [3.8, 4) is 0 Å². The van der Waals surface area contributed by atoms with Crippen molar-refractivity contribution >= 4 is 21.7 Å². The maximum atomic E-state index is 12.9. The fourth-order valence-electron chi connectivity index (χ4n) is 1.44. The number of Topliss-reactive ketones (excluding diaryl/α,β-unsaturated/α-hetero) is 1. The Labute approximate surface area is 95.8 Å². The van der Waals surface area contributed by atoms with Crippen LogP contribution in [-0.2, 0) is 11.2 Å². The van der Waals surface area contributed by atoms with Crippen molar-refractivity contribution in [1.29, 1.82) is 0 Å². The molecular weight excluding hydrogens is 261 g/mol. The number of nitrogens with two attached hydrogens (primary N) is 1. The van der Waals surface area contributed by atoms with E-state index >= 15 is 0 Å². The van der Waals surface area contributed by atoms with Gasteiger partial charge in [-0.1, -0.05) is 15.9 Å². The van der Waals surface area contributed by atoms with Gasteiger partial charge in [-0.05, 0) is 36.6 Å². The first kappa shape index (κ1) is 10.8. The molecule has 2 N–H and O–H groups in total. The average molecular weight is 272 g/mol. The van der Waals surface area contributed by atoms with Gasteiger partial charge in [0.25, 0.3) is 0 Å². The van der Waals surface area contributed by atoms with Crippen LogP contribution in [0.2, 0.25) is 0 Å². The van der Waals surface area contributed by atoms with Gasteiger partial charge in [-0.3, -0.25) is 4.79 Å².